The molecular formula is C14H12F3N5O3S. The number of alkyl halides is 3. The third-order valence-electron chi connectivity index (χ3n) is 3.57. The highest BCUT2D eigenvalue weighted by molar-refractivity contribution is 7.90. The van der Waals surface area contributed by atoms with E-state index in [1.165, 1.54) is 6.07 Å². The van der Waals surface area contributed by atoms with E-state index in [4.69, 9.17) is 0 Å². The Morgan fingerprint density at radius 2 is 2.04 bits per heavy atom. The summed E-state index contributed by atoms with van der Waals surface area (Å²) in [6.07, 6.45) is -2.98. The summed E-state index contributed by atoms with van der Waals surface area (Å²) in [5.74, 6) is -1.07. The Hall–Kier alpha value is -2.76. The van der Waals surface area contributed by atoms with Gasteiger partial charge < -0.3 is 5.32 Å². The van der Waals surface area contributed by atoms with Crippen LogP contribution in [0.4, 0.5) is 18.9 Å². The molecule has 1 aliphatic heterocycles. The molecule has 8 nitrogen and oxygen atoms in total. The Morgan fingerprint density at radius 1 is 1.27 bits per heavy atom. The maximum Gasteiger partial charge on any atom is 0.418 e. The normalized spacial score (nSPS) is 14.3. The van der Waals surface area contributed by atoms with Crippen LogP contribution < -0.4 is 10.0 Å². The van der Waals surface area contributed by atoms with Crippen molar-refractivity contribution in [2.24, 2.45) is 0 Å². The topological polar surface area (TPSA) is 114 Å². The average molecular weight is 387 g/mol. The van der Waals surface area contributed by atoms with Crippen molar-refractivity contribution in [3.8, 4) is 0 Å². The van der Waals surface area contributed by atoms with Gasteiger partial charge in [-0.3, -0.25) is 4.79 Å². The number of fused-ring (bicyclic) bond motifs is 1. The van der Waals surface area contributed by atoms with E-state index in [0.29, 0.717) is 24.4 Å². The number of nitrogens with zero attached hydrogens (tertiary/aromatic N) is 3. The molecule has 0 radical (unpaired) electrons. The first-order valence-corrected chi connectivity index (χ1v) is 8.86. The first-order chi connectivity index (χ1) is 12.2. The predicted octanol–water partition coefficient (Wildman–Crippen LogP) is 1.37. The Kier molecular flexibility index (Phi) is 4.52. The lowest BCUT2D eigenvalue weighted by Crippen LogP contribution is -2.32. The van der Waals surface area contributed by atoms with Gasteiger partial charge in [0, 0.05) is 6.54 Å². The standard InChI is InChI=1S/C14H12F3N5O3S/c15-14(16,17)8-6-12(21-19-7-8)26(24,25)22-13(23)11-4-3-9-10(20-11)2-1-5-18-9/h3-4,6-7,18H,1-2,5H2,(H,22,23). The van der Waals surface area contributed by atoms with Crippen molar-refractivity contribution >= 4 is 21.6 Å². The molecule has 1 aliphatic rings. The zero-order chi connectivity index (χ0) is 18.9. The number of rotatable bonds is 3. The Labute approximate surface area is 145 Å². The summed E-state index contributed by atoms with van der Waals surface area (Å²) in [5.41, 5.74) is -0.103. The van der Waals surface area contributed by atoms with E-state index in [1.807, 2.05) is 0 Å². The molecule has 0 aromatic carbocycles. The van der Waals surface area contributed by atoms with E-state index in [-0.39, 0.29) is 5.69 Å². The van der Waals surface area contributed by atoms with Crippen LogP contribution in [0.1, 0.15) is 28.2 Å². The van der Waals surface area contributed by atoms with Gasteiger partial charge in [-0.05, 0) is 31.0 Å². The fourth-order valence-corrected chi connectivity index (χ4v) is 3.21. The number of halogens is 3. The van der Waals surface area contributed by atoms with E-state index in [0.717, 1.165) is 18.7 Å². The minimum atomic E-state index is -4.79. The van der Waals surface area contributed by atoms with Gasteiger partial charge >= 0.3 is 6.18 Å². The van der Waals surface area contributed by atoms with Gasteiger partial charge in [-0.1, -0.05) is 0 Å². The quantitative estimate of drug-likeness (QED) is 0.817. The van der Waals surface area contributed by atoms with E-state index >= 15 is 0 Å². The van der Waals surface area contributed by atoms with Crippen LogP contribution in [0, 0.1) is 0 Å². The number of sulfonamides is 1. The summed E-state index contributed by atoms with van der Waals surface area (Å²) < 4.78 is 64.0. The molecule has 0 saturated heterocycles. The lowest BCUT2D eigenvalue weighted by molar-refractivity contribution is -0.138. The van der Waals surface area contributed by atoms with Crippen LogP contribution >= 0.6 is 0 Å². The molecule has 0 spiro atoms. The molecule has 0 saturated carbocycles. The summed E-state index contributed by atoms with van der Waals surface area (Å²) in [7, 11) is -4.64. The lowest BCUT2D eigenvalue weighted by atomic mass is 10.1. The number of hydrogen-bond acceptors (Lipinski definition) is 7. The number of aromatic nitrogens is 3. The summed E-state index contributed by atoms with van der Waals surface area (Å²) >= 11 is 0. The van der Waals surface area contributed by atoms with Gasteiger partial charge in [-0.25, -0.2) is 9.71 Å². The second kappa shape index (κ2) is 6.52. The molecule has 3 rings (SSSR count). The highest BCUT2D eigenvalue weighted by Gasteiger charge is 2.33. The van der Waals surface area contributed by atoms with Crippen LogP contribution in [-0.4, -0.2) is 36.1 Å². The lowest BCUT2D eigenvalue weighted by Gasteiger charge is -2.17. The number of amides is 1. The number of carbonyl (C=O) groups excluding carboxylic acids is 1. The number of pyridine rings is 1. The average Bonchev–Trinajstić information content (AvgIpc) is 2.60. The van der Waals surface area contributed by atoms with Crippen molar-refractivity contribution in [1.29, 1.82) is 0 Å². The van der Waals surface area contributed by atoms with Gasteiger partial charge in [-0.15, -0.1) is 5.10 Å². The monoisotopic (exact) mass is 387 g/mol. The second-order valence-electron chi connectivity index (χ2n) is 5.44. The molecule has 0 atom stereocenters. The molecule has 0 unspecified atom stereocenters. The fourth-order valence-electron chi connectivity index (χ4n) is 2.32. The predicted molar refractivity (Wildman–Crippen MR) is 82.7 cm³/mol. The van der Waals surface area contributed by atoms with Gasteiger partial charge in [0.1, 0.15) is 5.69 Å². The van der Waals surface area contributed by atoms with Crippen molar-refractivity contribution in [3.05, 3.63) is 41.3 Å². The third kappa shape index (κ3) is 3.74. The molecule has 1 amide bonds. The van der Waals surface area contributed by atoms with Gasteiger partial charge in [-0.2, -0.15) is 26.7 Å². The third-order valence-corrected chi connectivity index (χ3v) is 4.78. The van der Waals surface area contributed by atoms with Crippen LogP contribution in [0.5, 0.6) is 0 Å². The molecular weight excluding hydrogens is 375 g/mol. The van der Waals surface area contributed by atoms with Crippen molar-refractivity contribution in [3.63, 3.8) is 0 Å². The van der Waals surface area contributed by atoms with Gasteiger partial charge in [0.05, 0.1) is 23.1 Å². The number of aryl methyl sites for hydroxylation is 1. The van der Waals surface area contributed by atoms with Crippen LogP contribution in [0.3, 0.4) is 0 Å². The number of anilines is 1. The minimum Gasteiger partial charge on any atom is -0.384 e. The van der Waals surface area contributed by atoms with Crippen LogP contribution in [0.25, 0.3) is 0 Å². The molecule has 3 heterocycles. The minimum absolute atomic E-state index is 0.170. The molecule has 12 heteroatoms. The zero-order valence-electron chi connectivity index (χ0n) is 13.0. The first-order valence-electron chi connectivity index (χ1n) is 7.38. The van der Waals surface area contributed by atoms with Gasteiger partial charge in [0.15, 0.2) is 5.03 Å². The molecule has 0 fully saturated rings. The molecule has 2 aromatic rings. The van der Waals surface area contributed by atoms with Crippen molar-refractivity contribution < 1.29 is 26.4 Å². The molecule has 138 valence electrons. The molecule has 26 heavy (non-hydrogen) atoms. The van der Waals surface area contributed by atoms with Gasteiger partial charge in [0.2, 0.25) is 0 Å². The Morgan fingerprint density at radius 3 is 2.77 bits per heavy atom. The number of carbonyl (C=O) groups is 1. The summed E-state index contributed by atoms with van der Waals surface area (Å²) in [4.78, 5) is 16.3. The van der Waals surface area contributed by atoms with E-state index in [9.17, 15) is 26.4 Å². The van der Waals surface area contributed by atoms with E-state index in [1.54, 1.807) is 10.8 Å². The van der Waals surface area contributed by atoms with Crippen molar-refractivity contribution in [2.45, 2.75) is 24.0 Å². The van der Waals surface area contributed by atoms with E-state index in [2.05, 4.69) is 20.5 Å². The Balaban J connectivity index is 1.84. The number of nitrogens with one attached hydrogen (secondary N) is 2. The molecule has 0 aliphatic carbocycles. The molecule has 0 bridgehead atoms. The highest BCUT2D eigenvalue weighted by Crippen LogP contribution is 2.29. The summed E-state index contributed by atoms with van der Waals surface area (Å²) in [5, 5.41) is 8.26. The smallest absolute Gasteiger partial charge is 0.384 e. The maximum atomic E-state index is 12.7. The van der Waals surface area contributed by atoms with E-state index < -0.39 is 32.7 Å². The summed E-state index contributed by atoms with van der Waals surface area (Å²) in [6, 6.07) is 3.21. The SMILES string of the molecule is O=C(NS(=O)(=O)c1cc(C(F)(F)F)cnn1)c1ccc2c(n1)CCCN2. The fraction of sp³-hybridized carbons (Fsp3) is 0.286. The van der Waals surface area contributed by atoms with Crippen molar-refractivity contribution in [2.75, 3.05) is 11.9 Å². The highest BCUT2D eigenvalue weighted by atomic mass is 32.2. The first kappa shape index (κ1) is 18.0. The van der Waals surface area contributed by atoms with Crippen LogP contribution in [0.15, 0.2) is 29.4 Å². The van der Waals surface area contributed by atoms with Crippen LogP contribution in [0.2, 0.25) is 0 Å². The zero-order valence-corrected chi connectivity index (χ0v) is 13.9. The largest absolute Gasteiger partial charge is 0.418 e. The Bertz CT molecular complexity index is 963. The van der Waals surface area contributed by atoms with Gasteiger partial charge in [0.25, 0.3) is 15.9 Å². The molecule has 2 aromatic heterocycles. The van der Waals surface area contributed by atoms with Crippen LogP contribution in [-0.2, 0) is 22.6 Å². The number of hydrogen-bond donors (Lipinski definition) is 2. The summed E-state index contributed by atoms with van der Waals surface area (Å²) in [6.45, 7) is 0.767. The van der Waals surface area contributed by atoms with Crippen molar-refractivity contribution in [1.82, 2.24) is 19.9 Å². The maximum absolute atomic E-state index is 12.7. The molecule has 2 N–H and O–H groups in total. The second-order valence-corrected chi connectivity index (χ2v) is 7.07.